The van der Waals surface area contributed by atoms with Gasteiger partial charge in [-0.15, -0.1) is 0 Å². The van der Waals surface area contributed by atoms with E-state index < -0.39 is 0 Å². The number of hydrogen-bond acceptors (Lipinski definition) is 1. The molecular formula is C13H16BrCl2NO. The summed E-state index contributed by atoms with van der Waals surface area (Å²) in [6.07, 6.45) is 1.72. The van der Waals surface area contributed by atoms with Crippen LogP contribution < -0.4 is 5.32 Å². The number of rotatable bonds is 5. The van der Waals surface area contributed by atoms with Crippen molar-refractivity contribution >= 4 is 45.0 Å². The lowest BCUT2D eigenvalue weighted by molar-refractivity contribution is 0.0902. The molecular weight excluding hydrogens is 337 g/mol. The second-order valence-corrected chi connectivity index (χ2v) is 6.13. The van der Waals surface area contributed by atoms with Gasteiger partial charge >= 0.3 is 0 Å². The summed E-state index contributed by atoms with van der Waals surface area (Å²) in [6.45, 7) is 4.08. The zero-order valence-electron chi connectivity index (χ0n) is 10.4. The van der Waals surface area contributed by atoms with Gasteiger partial charge in [-0.1, -0.05) is 46.1 Å². The highest BCUT2D eigenvalue weighted by Crippen LogP contribution is 2.21. The summed E-state index contributed by atoms with van der Waals surface area (Å²) >= 11 is 15.2. The summed E-state index contributed by atoms with van der Waals surface area (Å²) in [4.78, 5) is 12.2. The van der Waals surface area contributed by atoms with E-state index in [4.69, 9.17) is 23.2 Å². The third-order valence-corrected chi connectivity index (χ3v) is 3.80. The molecule has 0 heterocycles. The van der Waals surface area contributed by atoms with Crippen molar-refractivity contribution in [2.45, 2.75) is 32.2 Å². The molecule has 18 heavy (non-hydrogen) atoms. The van der Waals surface area contributed by atoms with Gasteiger partial charge in [0.15, 0.2) is 0 Å². The van der Waals surface area contributed by atoms with E-state index in [1.807, 2.05) is 13.8 Å². The van der Waals surface area contributed by atoms with Crippen molar-refractivity contribution in [1.82, 2.24) is 5.32 Å². The molecule has 1 N–H and O–H groups in total. The van der Waals surface area contributed by atoms with Gasteiger partial charge in [0.1, 0.15) is 0 Å². The van der Waals surface area contributed by atoms with Gasteiger partial charge in [0.05, 0.1) is 0 Å². The maximum Gasteiger partial charge on any atom is 0.251 e. The molecule has 2 nitrogen and oxygen atoms in total. The molecule has 100 valence electrons. The van der Waals surface area contributed by atoms with Gasteiger partial charge in [-0.25, -0.2) is 0 Å². The van der Waals surface area contributed by atoms with Crippen LogP contribution in [-0.4, -0.2) is 16.8 Å². The monoisotopic (exact) mass is 351 g/mol. The van der Waals surface area contributed by atoms with Crippen LogP contribution in [0.2, 0.25) is 10.0 Å². The van der Waals surface area contributed by atoms with Gasteiger partial charge < -0.3 is 5.32 Å². The minimum absolute atomic E-state index is 0.148. The van der Waals surface area contributed by atoms with Gasteiger partial charge in [0.2, 0.25) is 0 Å². The molecule has 1 aromatic carbocycles. The Morgan fingerprint density at radius 2 is 1.89 bits per heavy atom. The predicted molar refractivity (Wildman–Crippen MR) is 81.0 cm³/mol. The Morgan fingerprint density at radius 3 is 2.33 bits per heavy atom. The standard InChI is InChI=1S/C13H16BrCl2NO/c1-3-13(2,4-5-14)17-12(18)9-6-10(15)8-11(16)7-9/h6-8H,3-5H2,1-2H3,(H,17,18). The molecule has 0 aliphatic rings. The van der Waals surface area contributed by atoms with E-state index in [0.717, 1.165) is 18.2 Å². The Morgan fingerprint density at radius 1 is 1.33 bits per heavy atom. The number of amides is 1. The van der Waals surface area contributed by atoms with E-state index in [1.54, 1.807) is 18.2 Å². The average Bonchev–Trinajstić information content (AvgIpc) is 2.28. The smallest absolute Gasteiger partial charge is 0.251 e. The van der Waals surface area contributed by atoms with E-state index in [9.17, 15) is 4.79 Å². The summed E-state index contributed by atoms with van der Waals surface area (Å²) in [5.74, 6) is -0.148. The molecule has 1 aromatic rings. The van der Waals surface area contributed by atoms with E-state index in [2.05, 4.69) is 21.2 Å². The van der Waals surface area contributed by atoms with Gasteiger partial charge in [-0.3, -0.25) is 4.79 Å². The fourth-order valence-corrected chi connectivity index (χ4v) is 2.97. The molecule has 0 saturated carbocycles. The first-order valence-corrected chi connectivity index (χ1v) is 7.62. The highest BCUT2D eigenvalue weighted by Gasteiger charge is 2.24. The van der Waals surface area contributed by atoms with Crippen molar-refractivity contribution in [2.75, 3.05) is 5.33 Å². The Labute approximate surface area is 126 Å². The normalized spacial score (nSPS) is 14.1. The Balaban J connectivity index is 2.87. The highest BCUT2D eigenvalue weighted by molar-refractivity contribution is 9.09. The zero-order chi connectivity index (χ0) is 13.8. The number of halogens is 3. The topological polar surface area (TPSA) is 29.1 Å². The summed E-state index contributed by atoms with van der Waals surface area (Å²) in [5.41, 5.74) is 0.261. The molecule has 1 unspecified atom stereocenters. The summed E-state index contributed by atoms with van der Waals surface area (Å²) in [7, 11) is 0. The van der Waals surface area contributed by atoms with Crippen LogP contribution in [0.5, 0.6) is 0 Å². The summed E-state index contributed by atoms with van der Waals surface area (Å²) in [5, 5.41) is 4.80. The molecule has 1 amide bonds. The molecule has 0 aromatic heterocycles. The number of alkyl halides is 1. The maximum atomic E-state index is 12.2. The first-order chi connectivity index (χ1) is 8.40. The highest BCUT2D eigenvalue weighted by atomic mass is 79.9. The van der Waals surface area contributed by atoms with Crippen LogP contribution in [0, 0.1) is 0 Å². The SMILES string of the molecule is CCC(C)(CCBr)NC(=O)c1cc(Cl)cc(Cl)c1. The van der Waals surface area contributed by atoms with Crippen molar-refractivity contribution in [1.29, 1.82) is 0 Å². The molecule has 1 rings (SSSR count). The predicted octanol–water partition coefficient (Wildman–Crippen LogP) is 4.68. The zero-order valence-corrected chi connectivity index (χ0v) is 13.5. The fourth-order valence-electron chi connectivity index (χ4n) is 1.57. The molecule has 0 radical (unpaired) electrons. The quantitative estimate of drug-likeness (QED) is 0.766. The number of benzene rings is 1. The second-order valence-electron chi connectivity index (χ2n) is 4.47. The molecule has 0 aliphatic carbocycles. The van der Waals surface area contributed by atoms with Crippen LogP contribution in [0.3, 0.4) is 0 Å². The minimum atomic E-state index is -0.227. The maximum absolute atomic E-state index is 12.2. The number of carbonyl (C=O) groups is 1. The number of hydrogen-bond donors (Lipinski definition) is 1. The van der Waals surface area contributed by atoms with Crippen molar-refractivity contribution in [2.24, 2.45) is 0 Å². The lowest BCUT2D eigenvalue weighted by Gasteiger charge is -2.29. The fraction of sp³-hybridized carbons (Fsp3) is 0.462. The molecule has 0 aliphatic heterocycles. The number of carbonyl (C=O) groups excluding carboxylic acids is 1. The molecule has 0 bridgehead atoms. The lowest BCUT2D eigenvalue weighted by Crippen LogP contribution is -2.45. The van der Waals surface area contributed by atoms with E-state index in [-0.39, 0.29) is 11.4 Å². The van der Waals surface area contributed by atoms with Gasteiger partial charge in [0.25, 0.3) is 5.91 Å². The average molecular weight is 353 g/mol. The van der Waals surface area contributed by atoms with Crippen molar-refractivity contribution < 1.29 is 4.79 Å². The van der Waals surface area contributed by atoms with Crippen LogP contribution in [-0.2, 0) is 0 Å². The molecule has 0 fully saturated rings. The Bertz CT molecular complexity index is 419. The Hall–Kier alpha value is -0.250. The molecule has 5 heteroatoms. The summed E-state index contributed by atoms with van der Waals surface area (Å²) in [6, 6.07) is 4.84. The largest absolute Gasteiger partial charge is 0.347 e. The second kappa shape index (κ2) is 6.78. The minimum Gasteiger partial charge on any atom is -0.347 e. The number of nitrogens with one attached hydrogen (secondary N) is 1. The van der Waals surface area contributed by atoms with E-state index in [1.165, 1.54) is 0 Å². The molecule has 1 atom stereocenters. The third-order valence-electron chi connectivity index (χ3n) is 2.97. The first kappa shape index (κ1) is 15.8. The van der Waals surface area contributed by atoms with Gasteiger partial charge in [-0.2, -0.15) is 0 Å². The molecule has 0 saturated heterocycles. The Kier molecular flexibility index (Phi) is 5.96. The van der Waals surface area contributed by atoms with Crippen molar-refractivity contribution in [3.8, 4) is 0 Å². The van der Waals surface area contributed by atoms with Crippen molar-refractivity contribution in [3.63, 3.8) is 0 Å². The third kappa shape index (κ3) is 4.45. The van der Waals surface area contributed by atoms with Crippen LogP contribution in [0.15, 0.2) is 18.2 Å². The van der Waals surface area contributed by atoms with Crippen LogP contribution in [0.25, 0.3) is 0 Å². The summed E-state index contributed by atoms with van der Waals surface area (Å²) < 4.78 is 0. The van der Waals surface area contributed by atoms with Crippen LogP contribution >= 0.6 is 39.1 Å². The van der Waals surface area contributed by atoms with E-state index >= 15 is 0 Å². The van der Waals surface area contributed by atoms with Gasteiger partial charge in [-0.05, 0) is 38.0 Å². The van der Waals surface area contributed by atoms with E-state index in [0.29, 0.717) is 15.6 Å². The molecule has 0 spiro atoms. The lowest BCUT2D eigenvalue weighted by atomic mass is 9.95. The van der Waals surface area contributed by atoms with Crippen LogP contribution in [0.4, 0.5) is 0 Å². The van der Waals surface area contributed by atoms with Crippen LogP contribution in [0.1, 0.15) is 37.0 Å². The first-order valence-electron chi connectivity index (χ1n) is 5.75. The van der Waals surface area contributed by atoms with Gasteiger partial charge in [0, 0.05) is 26.5 Å². The van der Waals surface area contributed by atoms with Crippen molar-refractivity contribution in [3.05, 3.63) is 33.8 Å².